The van der Waals surface area contributed by atoms with E-state index in [1.54, 1.807) is 17.5 Å². The maximum Gasteiger partial charge on any atom is 0.324 e. The van der Waals surface area contributed by atoms with E-state index in [0.717, 1.165) is 16.9 Å². The van der Waals surface area contributed by atoms with Crippen molar-refractivity contribution in [2.24, 2.45) is 0 Å². The molecule has 1 unspecified atom stereocenters. The number of halogens is 1. The van der Waals surface area contributed by atoms with Gasteiger partial charge in [0.25, 0.3) is 0 Å². The van der Waals surface area contributed by atoms with Crippen LogP contribution in [0.2, 0.25) is 0 Å². The Morgan fingerprint density at radius 2 is 2.20 bits per heavy atom. The smallest absolute Gasteiger partial charge is 0.324 e. The molecule has 0 amide bonds. The molecule has 0 fully saturated rings. The van der Waals surface area contributed by atoms with Gasteiger partial charge in [0.1, 0.15) is 5.82 Å². The molecule has 0 aliphatic heterocycles. The number of nitrogens with zero attached hydrogens (tertiary/aromatic N) is 1. The fourth-order valence-electron chi connectivity index (χ4n) is 1.76. The second kappa shape index (κ2) is 6.56. The van der Waals surface area contributed by atoms with Gasteiger partial charge in [-0.15, -0.1) is 0 Å². The maximum atomic E-state index is 13.4. The highest BCUT2D eigenvalue weighted by atomic mass is 32.1. The van der Waals surface area contributed by atoms with Gasteiger partial charge in [-0.1, -0.05) is 29.5 Å². The predicted octanol–water partition coefficient (Wildman–Crippen LogP) is 2.62. The van der Waals surface area contributed by atoms with Gasteiger partial charge in [-0.2, -0.15) is 0 Å². The predicted molar refractivity (Wildman–Crippen MR) is 74.0 cm³/mol. The van der Waals surface area contributed by atoms with E-state index >= 15 is 0 Å². The molecule has 5 nitrogen and oxygen atoms in total. The average Bonchev–Trinajstić information content (AvgIpc) is 2.88. The topological polar surface area (TPSA) is 75.4 Å². The molecule has 1 heterocycles. The molecular weight excluding hydrogens is 283 g/mol. The summed E-state index contributed by atoms with van der Waals surface area (Å²) in [6.07, 6.45) is -0.954. The second-order valence-electron chi connectivity index (χ2n) is 4.22. The normalized spacial score (nSPS) is 12.3. The Hall–Kier alpha value is -1.83. The molecule has 0 spiro atoms. The quantitative estimate of drug-likeness (QED) is 0.634. The summed E-state index contributed by atoms with van der Waals surface area (Å²) in [5.41, 5.74) is 0.999. The molecule has 1 aromatic heterocycles. The van der Waals surface area contributed by atoms with Crippen molar-refractivity contribution in [2.75, 3.05) is 6.54 Å². The minimum absolute atomic E-state index is 0.0800. The Labute approximate surface area is 118 Å². The fourth-order valence-corrected chi connectivity index (χ4v) is 2.49. The third kappa shape index (κ3) is 3.60. The summed E-state index contributed by atoms with van der Waals surface area (Å²) in [5.74, 6) is -0.451. The molecule has 0 aliphatic carbocycles. The first-order valence-electron chi connectivity index (χ1n) is 5.93. The molecule has 7 heteroatoms. The molecule has 2 aromatic rings. The van der Waals surface area contributed by atoms with Crippen molar-refractivity contribution >= 4 is 16.3 Å². The summed E-state index contributed by atoms with van der Waals surface area (Å²) >= 11 is 1.05. The molecule has 0 bridgehead atoms. The third-order valence-corrected chi connectivity index (χ3v) is 3.68. The van der Waals surface area contributed by atoms with Crippen LogP contribution in [0, 0.1) is 15.9 Å². The van der Waals surface area contributed by atoms with Crippen molar-refractivity contribution < 1.29 is 14.4 Å². The lowest BCUT2D eigenvalue weighted by Gasteiger charge is -2.12. The van der Waals surface area contributed by atoms with Crippen molar-refractivity contribution in [2.45, 2.75) is 12.6 Å². The molecule has 1 aromatic carbocycles. The number of aliphatic hydroxyl groups is 1. The van der Waals surface area contributed by atoms with Gasteiger partial charge in [0.15, 0.2) is 0 Å². The van der Waals surface area contributed by atoms with Crippen molar-refractivity contribution in [3.63, 3.8) is 0 Å². The van der Waals surface area contributed by atoms with Crippen molar-refractivity contribution in [3.8, 4) is 0 Å². The lowest BCUT2D eigenvalue weighted by atomic mass is 10.1. The van der Waals surface area contributed by atoms with Crippen molar-refractivity contribution in [3.05, 3.63) is 62.8 Å². The number of hydrogen-bond donors (Lipinski definition) is 2. The van der Waals surface area contributed by atoms with E-state index in [9.17, 15) is 19.6 Å². The Morgan fingerprint density at radius 1 is 1.45 bits per heavy atom. The first kappa shape index (κ1) is 14.6. The highest BCUT2D eigenvalue weighted by molar-refractivity contribution is 7.13. The first-order valence-corrected chi connectivity index (χ1v) is 6.81. The standard InChI is InChI=1S/C13H13FN2O3S/c14-11-4-2-1-3-10(11)12(17)7-15-6-9-5-13(16(18)19)20-8-9/h1-5,8,12,15,17H,6-7H2. The van der Waals surface area contributed by atoms with E-state index in [1.807, 2.05) is 0 Å². The molecule has 106 valence electrons. The minimum Gasteiger partial charge on any atom is -0.387 e. The molecule has 0 saturated heterocycles. The Balaban J connectivity index is 1.86. The molecular formula is C13H13FN2O3S. The summed E-state index contributed by atoms with van der Waals surface area (Å²) in [7, 11) is 0. The second-order valence-corrected chi connectivity index (χ2v) is 5.11. The van der Waals surface area contributed by atoms with Crippen molar-refractivity contribution in [1.82, 2.24) is 5.32 Å². The zero-order chi connectivity index (χ0) is 14.5. The summed E-state index contributed by atoms with van der Waals surface area (Å²) in [6, 6.07) is 7.51. The van der Waals surface area contributed by atoms with Crippen molar-refractivity contribution in [1.29, 1.82) is 0 Å². The van der Waals surface area contributed by atoms with Gasteiger partial charge in [-0.05, 0) is 11.6 Å². The van der Waals surface area contributed by atoms with E-state index in [2.05, 4.69) is 5.32 Å². The van der Waals surface area contributed by atoms with Crippen LogP contribution in [0.25, 0.3) is 0 Å². The highest BCUT2D eigenvalue weighted by Crippen LogP contribution is 2.22. The molecule has 2 rings (SSSR count). The molecule has 20 heavy (non-hydrogen) atoms. The van der Waals surface area contributed by atoms with Gasteiger partial charge >= 0.3 is 5.00 Å². The van der Waals surface area contributed by atoms with Crippen LogP contribution in [0.15, 0.2) is 35.7 Å². The summed E-state index contributed by atoms with van der Waals surface area (Å²) < 4.78 is 13.4. The van der Waals surface area contributed by atoms with Gasteiger partial charge in [-0.25, -0.2) is 4.39 Å². The zero-order valence-electron chi connectivity index (χ0n) is 10.5. The van der Waals surface area contributed by atoms with Crippen LogP contribution in [-0.2, 0) is 6.54 Å². The lowest BCUT2D eigenvalue weighted by molar-refractivity contribution is -0.380. The third-order valence-electron chi connectivity index (χ3n) is 2.75. The molecule has 1 atom stereocenters. The number of hydrogen-bond acceptors (Lipinski definition) is 5. The molecule has 0 radical (unpaired) electrons. The maximum absolute atomic E-state index is 13.4. The SMILES string of the molecule is O=[N+]([O-])c1cc(CNCC(O)c2ccccc2F)cs1. The Kier molecular flexibility index (Phi) is 4.78. The number of rotatable bonds is 6. The summed E-state index contributed by atoms with van der Waals surface area (Å²) in [4.78, 5) is 10.1. The minimum atomic E-state index is -0.954. The highest BCUT2D eigenvalue weighted by Gasteiger charge is 2.13. The van der Waals surface area contributed by atoms with Crippen LogP contribution >= 0.6 is 11.3 Å². The monoisotopic (exact) mass is 296 g/mol. The van der Waals surface area contributed by atoms with Gasteiger partial charge in [0.05, 0.1) is 11.0 Å². The average molecular weight is 296 g/mol. The van der Waals surface area contributed by atoms with E-state index in [4.69, 9.17) is 0 Å². The van der Waals surface area contributed by atoms with Crippen LogP contribution in [0.3, 0.4) is 0 Å². The van der Waals surface area contributed by atoms with E-state index < -0.39 is 16.8 Å². The number of benzene rings is 1. The van der Waals surface area contributed by atoms with Gasteiger partial charge in [-0.3, -0.25) is 10.1 Å². The van der Waals surface area contributed by atoms with Crippen LogP contribution in [0.1, 0.15) is 17.2 Å². The number of thiophene rings is 1. The number of aliphatic hydroxyl groups excluding tert-OH is 1. The summed E-state index contributed by atoms with van der Waals surface area (Å²) in [6.45, 7) is 0.556. The largest absolute Gasteiger partial charge is 0.387 e. The molecule has 0 aliphatic rings. The fraction of sp³-hybridized carbons (Fsp3) is 0.231. The first-order chi connectivity index (χ1) is 9.58. The lowest BCUT2D eigenvalue weighted by Crippen LogP contribution is -2.21. The van der Waals surface area contributed by atoms with E-state index in [0.29, 0.717) is 6.54 Å². The van der Waals surface area contributed by atoms with Crippen LogP contribution < -0.4 is 5.32 Å². The molecule has 2 N–H and O–H groups in total. The Morgan fingerprint density at radius 3 is 2.85 bits per heavy atom. The molecule has 0 saturated carbocycles. The summed E-state index contributed by atoms with van der Waals surface area (Å²) in [5, 5.41) is 25.1. The Bertz CT molecular complexity index is 603. The van der Waals surface area contributed by atoms with Crippen LogP contribution in [0.5, 0.6) is 0 Å². The van der Waals surface area contributed by atoms with Gasteiger partial charge in [0.2, 0.25) is 0 Å². The van der Waals surface area contributed by atoms with Crippen LogP contribution in [-0.4, -0.2) is 16.6 Å². The zero-order valence-corrected chi connectivity index (χ0v) is 11.3. The van der Waals surface area contributed by atoms with Gasteiger partial charge < -0.3 is 10.4 Å². The van der Waals surface area contributed by atoms with Gasteiger partial charge in [0, 0.05) is 30.1 Å². The van der Waals surface area contributed by atoms with E-state index in [1.165, 1.54) is 18.2 Å². The van der Waals surface area contributed by atoms with Crippen LogP contribution in [0.4, 0.5) is 9.39 Å². The number of nitrogens with one attached hydrogen (secondary N) is 1. The number of nitro groups is 1. The van der Waals surface area contributed by atoms with E-state index in [-0.39, 0.29) is 17.1 Å².